The van der Waals surface area contributed by atoms with Crippen LogP contribution in [0.25, 0.3) is 43.4 Å². The van der Waals surface area contributed by atoms with Gasteiger partial charge < -0.3 is 0 Å². The van der Waals surface area contributed by atoms with Crippen LogP contribution in [0, 0.1) is 0 Å². The third-order valence-corrected chi connectivity index (χ3v) is 6.36. The summed E-state index contributed by atoms with van der Waals surface area (Å²) in [5.74, 6) is 0. The highest BCUT2D eigenvalue weighted by molar-refractivity contribution is 6.04. The first kappa shape index (κ1) is 24.5. The minimum absolute atomic E-state index is 0.00532. The van der Waals surface area contributed by atoms with Crippen molar-refractivity contribution in [2.24, 2.45) is 0 Å². The van der Waals surface area contributed by atoms with Gasteiger partial charge in [0.2, 0.25) is 0 Å². The zero-order chi connectivity index (χ0) is 24.2. The molecule has 170 valence electrons. The Bertz CT molecular complexity index is 1390. The molecular formula is C33H38. The van der Waals surface area contributed by atoms with Gasteiger partial charge in [0.25, 0.3) is 0 Å². The Morgan fingerprint density at radius 1 is 0.455 bits per heavy atom. The van der Waals surface area contributed by atoms with Crippen molar-refractivity contribution in [2.45, 2.75) is 60.8 Å². The van der Waals surface area contributed by atoms with Crippen LogP contribution in [-0.4, -0.2) is 0 Å². The van der Waals surface area contributed by atoms with Gasteiger partial charge >= 0.3 is 0 Å². The van der Waals surface area contributed by atoms with E-state index in [0.717, 1.165) is 0 Å². The molecule has 0 N–H and O–H groups in total. The lowest BCUT2D eigenvalue weighted by atomic mass is 9.80. The molecule has 0 aliphatic heterocycles. The first-order valence-corrected chi connectivity index (χ1v) is 12.6. The normalized spacial score (nSPS) is 12.5. The van der Waals surface area contributed by atoms with Gasteiger partial charge in [-0.1, -0.05) is 116 Å². The van der Waals surface area contributed by atoms with Crippen molar-refractivity contribution in [1.82, 2.24) is 0 Å². The molecule has 0 unspecified atom stereocenters. The molecule has 0 heterocycles. The van der Waals surface area contributed by atoms with Crippen LogP contribution in [0.3, 0.4) is 0 Å². The van der Waals surface area contributed by atoms with Crippen LogP contribution in [-0.2, 0) is 5.41 Å². The van der Waals surface area contributed by atoms with Gasteiger partial charge in [-0.3, -0.25) is 0 Å². The van der Waals surface area contributed by atoms with E-state index in [-0.39, 0.29) is 5.41 Å². The third-order valence-electron chi connectivity index (χ3n) is 6.36. The Balaban J connectivity index is 0.000000475. The molecular weight excluding hydrogens is 396 g/mol. The molecule has 0 saturated heterocycles. The summed E-state index contributed by atoms with van der Waals surface area (Å²) >= 11 is 0. The van der Waals surface area contributed by atoms with Crippen molar-refractivity contribution in [2.75, 3.05) is 0 Å². The highest BCUT2D eigenvalue weighted by atomic mass is 14.4. The van der Waals surface area contributed by atoms with Crippen LogP contribution < -0.4 is 0 Å². The van der Waals surface area contributed by atoms with Crippen molar-refractivity contribution in [3.8, 4) is 11.1 Å². The van der Waals surface area contributed by atoms with Gasteiger partial charge in [-0.25, -0.2) is 0 Å². The topological polar surface area (TPSA) is 0 Å². The van der Waals surface area contributed by atoms with Gasteiger partial charge in [-0.15, -0.1) is 0 Å². The van der Waals surface area contributed by atoms with Gasteiger partial charge in [-0.2, -0.15) is 0 Å². The number of benzene rings is 5. The van der Waals surface area contributed by atoms with E-state index in [2.05, 4.69) is 98.8 Å². The van der Waals surface area contributed by atoms with Crippen molar-refractivity contribution in [3.05, 3.63) is 96.1 Å². The van der Waals surface area contributed by atoms with Crippen LogP contribution in [0.1, 0.15) is 66.5 Å². The van der Waals surface area contributed by atoms with Gasteiger partial charge in [0.1, 0.15) is 0 Å². The summed E-state index contributed by atoms with van der Waals surface area (Å²) < 4.78 is 0. The summed E-state index contributed by atoms with van der Waals surface area (Å²) in [6, 6.07) is 31.5. The van der Waals surface area contributed by atoms with Gasteiger partial charge in [0.05, 0.1) is 0 Å². The Hall–Kier alpha value is -3.12. The van der Waals surface area contributed by atoms with Crippen molar-refractivity contribution >= 4 is 32.3 Å². The van der Waals surface area contributed by atoms with E-state index in [1.54, 1.807) is 0 Å². The van der Waals surface area contributed by atoms with Gasteiger partial charge in [0.15, 0.2) is 0 Å². The Morgan fingerprint density at radius 3 is 1.58 bits per heavy atom. The van der Waals surface area contributed by atoms with Crippen LogP contribution in [0.5, 0.6) is 0 Å². The molecule has 5 aromatic carbocycles. The van der Waals surface area contributed by atoms with E-state index in [0.29, 0.717) is 0 Å². The summed E-state index contributed by atoms with van der Waals surface area (Å²) in [5.41, 5.74) is 5.70. The van der Waals surface area contributed by atoms with Crippen LogP contribution in [0.15, 0.2) is 84.9 Å². The maximum Gasteiger partial charge on any atom is 0.0165 e. The molecule has 0 bridgehead atoms. The summed E-state index contributed by atoms with van der Waals surface area (Å²) in [5, 5.41) is 7.98. The number of rotatable bonds is 0. The average molecular weight is 435 g/mol. The second-order valence-electron chi connectivity index (χ2n) is 8.28. The monoisotopic (exact) mass is 434 g/mol. The number of hydrogen-bond acceptors (Lipinski definition) is 0. The van der Waals surface area contributed by atoms with Crippen molar-refractivity contribution in [3.63, 3.8) is 0 Å². The standard InChI is InChI=1S/C27H20.3C2H6/c1-27(2)25-16-21-14-19-9-4-3-8-18(19)13-20(21)15-24(25)23-12-11-17-7-5-6-10-22(17)26(23)27;3*1-2/h3-16H,1-2H3;3*1-2H3. The molecule has 0 aromatic heterocycles. The largest absolute Gasteiger partial charge is 0.0683 e. The van der Waals surface area contributed by atoms with Crippen LogP contribution >= 0.6 is 0 Å². The zero-order valence-electron chi connectivity index (χ0n) is 21.6. The first-order valence-electron chi connectivity index (χ1n) is 12.6. The molecule has 0 radical (unpaired) electrons. The fraction of sp³-hybridized carbons (Fsp3) is 0.273. The van der Waals surface area contributed by atoms with E-state index in [1.807, 2.05) is 41.5 Å². The maximum atomic E-state index is 2.42. The zero-order valence-corrected chi connectivity index (χ0v) is 21.6. The quantitative estimate of drug-likeness (QED) is 0.213. The molecule has 33 heavy (non-hydrogen) atoms. The predicted octanol–water partition coefficient (Wildman–Crippen LogP) is 10.5. The fourth-order valence-electron chi connectivity index (χ4n) is 5.04. The van der Waals surface area contributed by atoms with E-state index in [4.69, 9.17) is 0 Å². The number of fused-ring (bicyclic) bond motifs is 7. The van der Waals surface area contributed by atoms with E-state index < -0.39 is 0 Å². The number of hydrogen-bond donors (Lipinski definition) is 0. The highest BCUT2D eigenvalue weighted by Gasteiger charge is 2.37. The molecule has 0 spiro atoms. The second kappa shape index (κ2) is 10.2. The molecule has 5 aromatic rings. The molecule has 0 atom stereocenters. The fourth-order valence-corrected chi connectivity index (χ4v) is 5.04. The Labute approximate surface area is 200 Å². The summed E-state index contributed by atoms with van der Waals surface area (Å²) in [7, 11) is 0. The minimum Gasteiger partial charge on any atom is -0.0683 e. The lowest BCUT2D eigenvalue weighted by Gasteiger charge is -2.23. The molecule has 0 nitrogen and oxygen atoms in total. The molecule has 0 heteroatoms. The van der Waals surface area contributed by atoms with Gasteiger partial charge in [-0.05, 0) is 78.8 Å². The molecule has 1 aliphatic rings. The minimum atomic E-state index is 0.00532. The van der Waals surface area contributed by atoms with E-state index >= 15 is 0 Å². The summed E-state index contributed by atoms with van der Waals surface area (Å²) in [6.07, 6.45) is 0. The van der Waals surface area contributed by atoms with E-state index in [1.165, 1.54) is 54.6 Å². The molecule has 1 aliphatic carbocycles. The second-order valence-corrected chi connectivity index (χ2v) is 8.28. The third kappa shape index (κ3) is 4.04. The van der Waals surface area contributed by atoms with Crippen LogP contribution in [0.2, 0.25) is 0 Å². The summed E-state index contributed by atoms with van der Waals surface area (Å²) in [4.78, 5) is 0. The van der Waals surface area contributed by atoms with Gasteiger partial charge in [0, 0.05) is 5.41 Å². The molecule has 0 fully saturated rings. The molecule has 0 amide bonds. The first-order chi connectivity index (χ1) is 16.1. The average Bonchev–Trinajstić information content (AvgIpc) is 3.11. The van der Waals surface area contributed by atoms with Crippen LogP contribution in [0.4, 0.5) is 0 Å². The lowest BCUT2D eigenvalue weighted by molar-refractivity contribution is 0.667. The molecule has 6 rings (SSSR count). The lowest BCUT2D eigenvalue weighted by Crippen LogP contribution is -2.15. The predicted molar refractivity (Wildman–Crippen MR) is 151 cm³/mol. The Morgan fingerprint density at radius 2 is 0.970 bits per heavy atom. The SMILES string of the molecule is CC.CC.CC.CC1(C)c2cc3cc4ccccc4cc3cc2-c2ccc3ccccc3c21. The Kier molecular flexibility index (Phi) is 7.59. The smallest absolute Gasteiger partial charge is 0.0165 e. The van der Waals surface area contributed by atoms with E-state index in [9.17, 15) is 0 Å². The van der Waals surface area contributed by atoms with Crippen molar-refractivity contribution in [1.29, 1.82) is 0 Å². The highest BCUT2D eigenvalue weighted by Crippen LogP contribution is 2.52. The van der Waals surface area contributed by atoms with Crippen molar-refractivity contribution < 1.29 is 0 Å². The maximum absolute atomic E-state index is 2.42. The summed E-state index contributed by atoms with van der Waals surface area (Å²) in [6.45, 7) is 16.7. The molecule has 0 saturated carbocycles.